The molecular formula is C6H12AuCl3N3P. The van der Waals surface area contributed by atoms with E-state index in [1.54, 1.807) is 0 Å². The summed E-state index contributed by atoms with van der Waals surface area (Å²) in [6.45, 7) is 3.74. The van der Waals surface area contributed by atoms with E-state index < -0.39 is 15.2 Å². The molecule has 88 valence electrons. The van der Waals surface area contributed by atoms with Crippen LogP contribution in [-0.4, -0.2) is 53.6 Å². The van der Waals surface area contributed by atoms with Gasteiger partial charge >= 0.3 is 42.8 Å². The average molecular weight is 460 g/mol. The zero-order chi connectivity index (χ0) is 10.1. The van der Waals surface area contributed by atoms with Crippen molar-refractivity contribution in [2.24, 2.45) is 0 Å². The van der Waals surface area contributed by atoms with Crippen molar-refractivity contribution < 1.29 is 15.2 Å². The summed E-state index contributed by atoms with van der Waals surface area (Å²) >= 11 is -1.79. The molecule has 8 heteroatoms. The van der Waals surface area contributed by atoms with Gasteiger partial charge in [0, 0.05) is 18.9 Å². The molecule has 0 atom stereocenters. The SMILES string of the molecule is C1N2CN3CN1CP(C2)C3.[Cl][Au]([Cl])[Cl]. The van der Waals surface area contributed by atoms with E-state index in [4.69, 9.17) is 27.6 Å². The zero-order valence-electron chi connectivity index (χ0n) is 7.47. The molecule has 4 aliphatic rings. The standard InChI is InChI=1S/C6H12N3P.Au.3ClH/c1-7-2-9-3-8(1)5-10(4-7)6-9;;;;/h1-6H2;;3*1H/q;+3;;;/p-3. The summed E-state index contributed by atoms with van der Waals surface area (Å²) in [7, 11) is 15.2. The summed E-state index contributed by atoms with van der Waals surface area (Å²) in [6, 6.07) is 0. The number of halogens is 3. The molecule has 0 aromatic carbocycles. The molecule has 4 bridgehead atoms. The summed E-state index contributed by atoms with van der Waals surface area (Å²) < 4.78 is 0. The van der Waals surface area contributed by atoms with E-state index >= 15 is 0 Å². The van der Waals surface area contributed by atoms with Crippen molar-refractivity contribution >= 4 is 35.5 Å². The molecular weight excluding hydrogens is 448 g/mol. The van der Waals surface area contributed by atoms with E-state index in [2.05, 4.69) is 14.7 Å². The van der Waals surface area contributed by atoms with Gasteiger partial charge in [0.1, 0.15) is 0 Å². The van der Waals surface area contributed by atoms with Crippen molar-refractivity contribution in [3.8, 4) is 0 Å². The van der Waals surface area contributed by atoms with Gasteiger partial charge in [-0.25, -0.2) is 0 Å². The predicted molar refractivity (Wildman–Crippen MR) is 59.2 cm³/mol. The summed E-state index contributed by atoms with van der Waals surface area (Å²) in [5, 5.41) is 0. The van der Waals surface area contributed by atoms with Crippen LogP contribution in [0.5, 0.6) is 0 Å². The van der Waals surface area contributed by atoms with Crippen molar-refractivity contribution in [2.75, 3.05) is 38.9 Å². The predicted octanol–water partition coefficient (Wildman–Crippen LogP) is 2.23. The fourth-order valence-electron chi connectivity index (χ4n) is 2.23. The minimum absolute atomic E-state index is 0.366. The first-order valence-electron chi connectivity index (χ1n) is 4.14. The van der Waals surface area contributed by atoms with Crippen LogP contribution >= 0.6 is 35.5 Å². The quantitative estimate of drug-likeness (QED) is 0.406. The van der Waals surface area contributed by atoms with Crippen LogP contribution < -0.4 is 0 Å². The zero-order valence-corrected chi connectivity index (χ0v) is 12.8. The molecule has 4 heterocycles. The van der Waals surface area contributed by atoms with Gasteiger partial charge in [0.2, 0.25) is 0 Å². The van der Waals surface area contributed by atoms with Gasteiger partial charge in [0.25, 0.3) is 0 Å². The number of hydrogen-bond acceptors (Lipinski definition) is 3. The molecule has 0 aromatic rings. The van der Waals surface area contributed by atoms with Gasteiger partial charge in [-0.05, 0) is 0 Å². The van der Waals surface area contributed by atoms with Crippen molar-refractivity contribution in [3.05, 3.63) is 0 Å². The summed E-state index contributed by atoms with van der Waals surface area (Å²) in [5.74, 6) is 0. The van der Waals surface area contributed by atoms with Gasteiger partial charge in [-0.15, -0.1) is 0 Å². The molecule has 4 fully saturated rings. The summed E-state index contributed by atoms with van der Waals surface area (Å²) in [5.41, 5.74) is 0. The van der Waals surface area contributed by atoms with Crippen LogP contribution in [0.2, 0.25) is 0 Å². The summed E-state index contributed by atoms with van der Waals surface area (Å²) in [4.78, 5) is 7.71. The third-order valence-corrected chi connectivity index (χ3v) is 4.80. The molecule has 4 aliphatic heterocycles. The fraction of sp³-hybridized carbons (Fsp3) is 1.00. The van der Waals surface area contributed by atoms with Gasteiger partial charge in [-0.1, -0.05) is 7.92 Å². The van der Waals surface area contributed by atoms with Crippen LogP contribution in [0.15, 0.2) is 0 Å². The second-order valence-electron chi connectivity index (χ2n) is 3.66. The van der Waals surface area contributed by atoms with Crippen LogP contribution in [0.4, 0.5) is 0 Å². The van der Waals surface area contributed by atoms with Crippen molar-refractivity contribution in [2.45, 2.75) is 0 Å². The minimum atomic E-state index is -1.79. The van der Waals surface area contributed by atoms with Crippen LogP contribution in [0.25, 0.3) is 0 Å². The molecule has 0 N–H and O–H groups in total. The first-order valence-corrected chi connectivity index (χ1v) is 14.1. The molecule has 0 amide bonds. The number of nitrogens with zero attached hydrogens (tertiary/aromatic N) is 3. The van der Waals surface area contributed by atoms with Gasteiger partial charge in [-0.2, -0.15) is 0 Å². The van der Waals surface area contributed by atoms with E-state index in [1.165, 1.54) is 38.9 Å². The Morgan fingerprint density at radius 3 is 1.29 bits per heavy atom. The molecule has 0 unspecified atom stereocenters. The molecule has 0 aliphatic carbocycles. The Labute approximate surface area is 104 Å². The van der Waals surface area contributed by atoms with E-state index in [9.17, 15) is 0 Å². The maximum absolute atomic E-state index is 4.95. The Bertz CT molecular complexity index is 149. The Balaban J connectivity index is 0.000000165. The Kier molecular flexibility index (Phi) is 4.87. The molecule has 0 radical (unpaired) electrons. The van der Waals surface area contributed by atoms with Crippen LogP contribution in [0.1, 0.15) is 0 Å². The van der Waals surface area contributed by atoms with Crippen LogP contribution in [-0.2, 0) is 15.2 Å². The molecule has 4 saturated heterocycles. The monoisotopic (exact) mass is 459 g/mol. The topological polar surface area (TPSA) is 9.72 Å². The Morgan fingerprint density at radius 2 is 1.07 bits per heavy atom. The molecule has 4 rings (SSSR count). The molecule has 0 spiro atoms. The van der Waals surface area contributed by atoms with Crippen molar-refractivity contribution in [1.82, 2.24) is 14.7 Å². The first-order chi connectivity index (χ1) is 6.63. The van der Waals surface area contributed by atoms with Crippen molar-refractivity contribution in [3.63, 3.8) is 0 Å². The molecule has 0 saturated carbocycles. The normalized spacial score (nSPS) is 44.4. The average Bonchev–Trinajstić information content (AvgIpc) is 1.98. The van der Waals surface area contributed by atoms with E-state index in [1.807, 2.05) is 0 Å². The molecule has 0 aromatic heterocycles. The second-order valence-corrected chi connectivity index (χ2v) is 15.2. The van der Waals surface area contributed by atoms with Gasteiger partial charge in [-0.3, -0.25) is 14.7 Å². The first kappa shape index (κ1) is 12.4. The van der Waals surface area contributed by atoms with E-state index in [0.717, 1.165) is 0 Å². The van der Waals surface area contributed by atoms with Gasteiger partial charge in [0.15, 0.2) is 0 Å². The van der Waals surface area contributed by atoms with Gasteiger partial charge in [0.05, 0.1) is 20.0 Å². The number of rotatable bonds is 0. The van der Waals surface area contributed by atoms with E-state index in [-0.39, 0.29) is 0 Å². The third kappa shape index (κ3) is 3.46. The number of hydrogen-bond donors (Lipinski definition) is 0. The van der Waals surface area contributed by atoms with Crippen molar-refractivity contribution in [1.29, 1.82) is 0 Å². The third-order valence-electron chi connectivity index (χ3n) is 2.40. The second kappa shape index (κ2) is 5.50. The fourth-order valence-corrected chi connectivity index (χ4v) is 4.74. The molecule has 3 nitrogen and oxygen atoms in total. The maximum atomic E-state index is 4.95. The Morgan fingerprint density at radius 1 is 0.786 bits per heavy atom. The van der Waals surface area contributed by atoms with Crippen LogP contribution in [0, 0.1) is 0 Å². The van der Waals surface area contributed by atoms with Gasteiger partial charge < -0.3 is 0 Å². The summed E-state index contributed by atoms with van der Waals surface area (Å²) in [6.07, 6.45) is 4.26. The van der Waals surface area contributed by atoms with Crippen LogP contribution in [0.3, 0.4) is 0 Å². The molecule has 14 heavy (non-hydrogen) atoms. The Hall–Kier alpha value is 1.92. The van der Waals surface area contributed by atoms with E-state index in [0.29, 0.717) is 7.92 Å².